The number of rotatable bonds is 9. The Hall–Kier alpha value is -1.55. The Morgan fingerprint density at radius 1 is 1.09 bits per heavy atom. The summed E-state index contributed by atoms with van der Waals surface area (Å²) in [5.74, 6) is 1.51. The van der Waals surface area contributed by atoms with E-state index in [0.717, 1.165) is 38.7 Å². The number of nitrogens with zero attached hydrogens (tertiary/aromatic N) is 2. The normalized spacial score (nSPS) is 12.0. The monoisotopic (exact) mass is 318 g/mol. The highest BCUT2D eigenvalue weighted by Crippen LogP contribution is 2.09. The lowest BCUT2D eigenvalue weighted by Crippen LogP contribution is -2.39. The van der Waals surface area contributed by atoms with Crippen LogP contribution in [0.3, 0.4) is 0 Å². The Kier molecular flexibility index (Phi) is 9.37. The first kappa shape index (κ1) is 19.5. The molecule has 0 amide bonds. The molecule has 0 aromatic heterocycles. The van der Waals surface area contributed by atoms with Crippen LogP contribution in [0.25, 0.3) is 0 Å². The zero-order valence-corrected chi connectivity index (χ0v) is 15.5. The van der Waals surface area contributed by atoms with Gasteiger partial charge in [-0.3, -0.25) is 4.90 Å². The van der Waals surface area contributed by atoms with Gasteiger partial charge in [0.05, 0.1) is 6.54 Å². The molecule has 0 spiro atoms. The van der Waals surface area contributed by atoms with Crippen molar-refractivity contribution in [2.45, 2.75) is 47.7 Å². The smallest absolute Gasteiger partial charge is 0.191 e. The van der Waals surface area contributed by atoms with E-state index in [1.54, 1.807) is 0 Å². The molecular weight excluding hydrogens is 284 g/mol. The maximum absolute atomic E-state index is 4.70. The van der Waals surface area contributed by atoms with Crippen LogP contribution in [0.4, 0.5) is 0 Å². The van der Waals surface area contributed by atoms with Gasteiger partial charge in [0.1, 0.15) is 0 Å². The van der Waals surface area contributed by atoms with Gasteiger partial charge in [-0.1, -0.05) is 52.0 Å². The predicted octanol–water partition coefficient (Wildman–Crippen LogP) is 3.24. The summed E-state index contributed by atoms with van der Waals surface area (Å²) in [6.45, 7) is 16.6. The van der Waals surface area contributed by atoms with Crippen molar-refractivity contribution in [2.75, 3.05) is 26.2 Å². The quantitative estimate of drug-likeness (QED) is 0.542. The topological polar surface area (TPSA) is 39.7 Å². The molecule has 130 valence electrons. The predicted molar refractivity (Wildman–Crippen MR) is 101 cm³/mol. The highest BCUT2D eigenvalue weighted by molar-refractivity contribution is 5.79. The largest absolute Gasteiger partial charge is 0.357 e. The second-order valence-corrected chi connectivity index (χ2v) is 6.25. The van der Waals surface area contributed by atoms with Gasteiger partial charge in [-0.15, -0.1) is 0 Å². The molecule has 1 aromatic carbocycles. The first-order valence-corrected chi connectivity index (χ1v) is 8.91. The van der Waals surface area contributed by atoms with Crippen LogP contribution >= 0.6 is 0 Å². The molecule has 0 aliphatic rings. The SMILES string of the molecule is CCNC(=NCc1cccc(CN(CC)CC)c1)NCC(C)C. The Bertz CT molecular complexity index is 464. The summed E-state index contributed by atoms with van der Waals surface area (Å²) in [6.07, 6.45) is 0. The molecule has 0 radical (unpaired) electrons. The minimum absolute atomic E-state index is 0.608. The van der Waals surface area contributed by atoms with Gasteiger partial charge >= 0.3 is 0 Å². The average molecular weight is 319 g/mol. The molecule has 1 rings (SSSR count). The van der Waals surface area contributed by atoms with E-state index in [9.17, 15) is 0 Å². The van der Waals surface area contributed by atoms with E-state index >= 15 is 0 Å². The number of aliphatic imine (C=N–C) groups is 1. The molecule has 0 heterocycles. The summed E-state index contributed by atoms with van der Waals surface area (Å²) in [5.41, 5.74) is 2.62. The second kappa shape index (κ2) is 11.1. The van der Waals surface area contributed by atoms with Crippen molar-refractivity contribution in [2.24, 2.45) is 10.9 Å². The van der Waals surface area contributed by atoms with Crippen LogP contribution in [-0.2, 0) is 13.1 Å². The third kappa shape index (κ3) is 8.03. The number of hydrogen-bond donors (Lipinski definition) is 2. The van der Waals surface area contributed by atoms with E-state index < -0.39 is 0 Å². The molecule has 4 nitrogen and oxygen atoms in total. The molecule has 4 heteroatoms. The van der Waals surface area contributed by atoms with Gasteiger partial charge in [-0.05, 0) is 37.1 Å². The lowest BCUT2D eigenvalue weighted by Gasteiger charge is -2.18. The van der Waals surface area contributed by atoms with Gasteiger partial charge in [-0.2, -0.15) is 0 Å². The summed E-state index contributed by atoms with van der Waals surface area (Å²) in [5, 5.41) is 6.69. The highest BCUT2D eigenvalue weighted by Gasteiger charge is 2.03. The lowest BCUT2D eigenvalue weighted by atomic mass is 10.1. The van der Waals surface area contributed by atoms with Crippen LogP contribution in [0, 0.1) is 5.92 Å². The Labute approximate surface area is 142 Å². The van der Waals surface area contributed by atoms with Gasteiger partial charge in [0, 0.05) is 19.6 Å². The molecule has 1 aromatic rings. The van der Waals surface area contributed by atoms with E-state index in [0.29, 0.717) is 12.5 Å². The van der Waals surface area contributed by atoms with Crippen LogP contribution in [0.1, 0.15) is 45.7 Å². The minimum Gasteiger partial charge on any atom is -0.357 e. The summed E-state index contributed by atoms with van der Waals surface area (Å²) in [7, 11) is 0. The van der Waals surface area contributed by atoms with Crippen molar-refractivity contribution in [1.82, 2.24) is 15.5 Å². The van der Waals surface area contributed by atoms with Crippen LogP contribution in [0.2, 0.25) is 0 Å². The van der Waals surface area contributed by atoms with Gasteiger partial charge in [0.25, 0.3) is 0 Å². The van der Waals surface area contributed by atoms with Crippen LogP contribution in [0.15, 0.2) is 29.3 Å². The van der Waals surface area contributed by atoms with Gasteiger partial charge in [0.2, 0.25) is 0 Å². The number of nitrogens with one attached hydrogen (secondary N) is 2. The maximum atomic E-state index is 4.70. The molecule has 0 fully saturated rings. The zero-order chi connectivity index (χ0) is 17.1. The van der Waals surface area contributed by atoms with E-state index in [2.05, 4.69) is 74.4 Å². The summed E-state index contributed by atoms with van der Waals surface area (Å²) < 4.78 is 0. The summed E-state index contributed by atoms with van der Waals surface area (Å²) >= 11 is 0. The molecule has 0 unspecified atom stereocenters. The Balaban J connectivity index is 2.68. The first-order valence-electron chi connectivity index (χ1n) is 8.91. The van der Waals surface area contributed by atoms with Crippen molar-refractivity contribution >= 4 is 5.96 Å². The van der Waals surface area contributed by atoms with Crippen molar-refractivity contribution in [3.63, 3.8) is 0 Å². The molecule has 0 aliphatic carbocycles. The van der Waals surface area contributed by atoms with E-state index in [1.165, 1.54) is 11.1 Å². The minimum atomic E-state index is 0.608. The fourth-order valence-electron chi connectivity index (χ4n) is 2.34. The molecular formula is C19H34N4. The van der Waals surface area contributed by atoms with E-state index in [-0.39, 0.29) is 0 Å². The molecule has 0 saturated carbocycles. The van der Waals surface area contributed by atoms with Crippen molar-refractivity contribution < 1.29 is 0 Å². The molecule has 0 aliphatic heterocycles. The highest BCUT2D eigenvalue weighted by atomic mass is 15.2. The average Bonchev–Trinajstić information content (AvgIpc) is 2.55. The van der Waals surface area contributed by atoms with Gasteiger partial charge in [0.15, 0.2) is 5.96 Å². The fraction of sp³-hybridized carbons (Fsp3) is 0.632. The summed E-state index contributed by atoms with van der Waals surface area (Å²) in [4.78, 5) is 7.12. The Morgan fingerprint density at radius 2 is 1.78 bits per heavy atom. The van der Waals surface area contributed by atoms with E-state index in [4.69, 9.17) is 4.99 Å². The number of guanidine groups is 1. The van der Waals surface area contributed by atoms with Crippen molar-refractivity contribution in [1.29, 1.82) is 0 Å². The molecule has 0 atom stereocenters. The third-order valence-electron chi connectivity index (χ3n) is 3.73. The van der Waals surface area contributed by atoms with Gasteiger partial charge < -0.3 is 10.6 Å². The molecule has 0 saturated heterocycles. The standard InChI is InChI=1S/C19H34N4/c1-6-20-19(21-13-16(4)5)22-14-17-10-9-11-18(12-17)15-23(7-2)8-3/h9-12,16H,6-8,13-15H2,1-5H3,(H2,20,21,22). The number of benzene rings is 1. The van der Waals surface area contributed by atoms with Gasteiger partial charge in [-0.25, -0.2) is 4.99 Å². The van der Waals surface area contributed by atoms with Crippen LogP contribution in [-0.4, -0.2) is 37.0 Å². The second-order valence-electron chi connectivity index (χ2n) is 6.25. The lowest BCUT2D eigenvalue weighted by molar-refractivity contribution is 0.296. The van der Waals surface area contributed by atoms with Crippen LogP contribution in [0.5, 0.6) is 0 Å². The van der Waals surface area contributed by atoms with Crippen molar-refractivity contribution in [3.05, 3.63) is 35.4 Å². The zero-order valence-electron chi connectivity index (χ0n) is 15.5. The first-order chi connectivity index (χ1) is 11.1. The van der Waals surface area contributed by atoms with Crippen LogP contribution < -0.4 is 10.6 Å². The summed E-state index contributed by atoms with van der Waals surface area (Å²) in [6, 6.07) is 8.76. The number of hydrogen-bond acceptors (Lipinski definition) is 2. The van der Waals surface area contributed by atoms with Crippen molar-refractivity contribution in [3.8, 4) is 0 Å². The third-order valence-corrected chi connectivity index (χ3v) is 3.73. The molecule has 2 N–H and O–H groups in total. The molecule has 23 heavy (non-hydrogen) atoms. The maximum Gasteiger partial charge on any atom is 0.191 e. The Morgan fingerprint density at radius 3 is 2.39 bits per heavy atom. The fourth-order valence-corrected chi connectivity index (χ4v) is 2.34. The van der Waals surface area contributed by atoms with E-state index in [1.807, 2.05) is 0 Å². The molecule has 0 bridgehead atoms.